The van der Waals surface area contributed by atoms with E-state index in [-0.39, 0.29) is 0 Å². The molecular formula is C6HF11. The molecule has 0 atom stereocenters. The minimum Gasteiger partial charge on any atom is -0.205 e. The van der Waals surface area contributed by atoms with E-state index in [2.05, 4.69) is 0 Å². The van der Waals surface area contributed by atoms with E-state index in [0.717, 1.165) is 0 Å². The van der Waals surface area contributed by atoms with Crippen LogP contribution >= 0.6 is 0 Å². The molecule has 0 fully saturated rings. The van der Waals surface area contributed by atoms with Crippen LogP contribution in [0.15, 0.2) is 11.9 Å². The average molecular weight is 282 g/mol. The van der Waals surface area contributed by atoms with Crippen LogP contribution in [0.25, 0.3) is 0 Å². The van der Waals surface area contributed by atoms with Crippen LogP contribution in [0.3, 0.4) is 0 Å². The first kappa shape index (κ1) is 16.0. The number of hydrogen-bond acceptors (Lipinski definition) is 0. The van der Waals surface area contributed by atoms with Crippen LogP contribution in [0.2, 0.25) is 0 Å². The van der Waals surface area contributed by atoms with Gasteiger partial charge in [-0.3, -0.25) is 0 Å². The number of allylic oxidation sites excluding steroid dienone is 2. The predicted octanol–water partition coefficient (Wildman–Crippen LogP) is 4.24. The topological polar surface area (TPSA) is 0 Å². The molecule has 0 saturated heterocycles. The fourth-order valence-corrected chi connectivity index (χ4v) is 0.467. The highest BCUT2D eigenvalue weighted by molar-refractivity contribution is 5.13. The van der Waals surface area contributed by atoms with Gasteiger partial charge in [-0.15, -0.1) is 0 Å². The molecule has 0 bridgehead atoms. The summed E-state index contributed by atoms with van der Waals surface area (Å²) >= 11 is 0. The molecule has 0 nitrogen and oxygen atoms in total. The molecule has 102 valence electrons. The van der Waals surface area contributed by atoms with Crippen LogP contribution < -0.4 is 0 Å². The van der Waals surface area contributed by atoms with Gasteiger partial charge in [-0.2, -0.15) is 43.9 Å². The van der Waals surface area contributed by atoms with Crippen LogP contribution in [-0.2, 0) is 0 Å². The molecule has 11 heteroatoms. The first-order valence-corrected chi connectivity index (χ1v) is 3.41. The molecule has 0 aliphatic carbocycles. The lowest BCUT2D eigenvalue weighted by molar-refractivity contribution is -0.276. The summed E-state index contributed by atoms with van der Waals surface area (Å²) in [6.45, 7) is 0. The van der Waals surface area contributed by atoms with Crippen LogP contribution in [0.5, 0.6) is 0 Å². The van der Waals surface area contributed by atoms with Crippen LogP contribution in [0.4, 0.5) is 48.3 Å². The Labute approximate surface area is 85.7 Å². The number of alkyl halides is 10. The quantitative estimate of drug-likeness (QED) is 0.665. The average Bonchev–Trinajstić information content (AvgIpc) is 1.98. The lowest BCUT2D eigenvalue weighted by atomic mass is 10.2. The zero-order valence-corrected chi connectivity index (χ0v) is 7.23. The second-order valence-corrected chi connectivity index (χ2v) is 2.69. The molecule has 0 saturated carbocycles. The molecule has 0 aliphatic rings. The van der Waals surface area contributed by atoms with Gasteiger partial charge in [0.05, 0.1) is 0 Å². The molecule has 0 amide bonds. The monoisotopic (exact) mass is 282 g/mol. The third-order valence-corrected chi connectivity index (χ3v) is 1.34. The molecule has 0 aromatic rings. The lowest BCUT2D eigenvalue weighted by Crippen LogP contribution is -2.40. The van der Waals surface area contributed by atoms with Gasteiger partial charge in [0.2, 0.25) is 0 Å². The number of hydrogen-bond donors (Lipinski definition) is 0. The fourth-order valence-electron chi connectivity index (χ4n) is 0.467. The van der Waals surface area contributed by atoms with E-state index in [1.54, 1.807) is 0 Å². The lowest BCUT2D eigenvalue weighted by Gasteiger charge is -2.20. The Kier molecular flexibility index (Phi) is 3.77. The molecule has 0 spiro atoms. The van der Waals surface area contributed by atoms with Crippen molar-refractivity contribution in [1.29, 1.82) is 0 Å². The van der Waals surface area contributed by atoms with Crippen LogP contribution in [0, 0.1) is 0 Å². The molecule has 0 unspecified atom stereocenters. The first-order valence-electron chi connectivity index (χ1n) is 3.41. The maximum Gasteiger partial charge on any atom is 0.460 e. The second kappa shape index (κ2) is 4.02. The van der Waals surface area contributed by atoms with Crippen molar-refractivity contribution >= 4 is 0 Å². The maximum atomic E-state index is 12.1. The number of rotatable bonds is 2. The Morgan fingerprint density at radius 2 is 1.00 bits per heavy atom. The Balaban J connectivity index is 5.40. The van der Waals surface area contributed by atoms with E-state index >= 15 is 0 Å². The summed E-state index contributed by atoms with van der Waals surface area (Å²) in [5.41, 5.74) is 0. The van der Waals surface area contributed by atoms with Crippen molar-refractivity contribution in [3.63, 3.8) is 0 Å². The van der Waals surface area contributed by atoms with E-state index < -0.39 is 36.1 Å². The zero-order valence-electron chi connectivity index (χ0n) is 7.23. The molecule has 0 aliphatic heterocycles. The molecule has 0 heterocycles. The van der Waals surface area contributed by atoms with Crippen LogP contribution in [0.1, 0.15) is 0 Å². The van der Waals surface area contributed by atoms with Gasteiger partial charge < -0.3 is 0 Å². The molecule has 0 N–H and O–H groups in total. The first-order chi connectivity index (χ1) is 7.13. The van der Waals surface area contributed by atoms with E-state index in [1.165, 1.54) is 0 Å². The zero-order chi connectivity index (χ0) is 14.3. The van der Waals surface area contributed by atoms with Gasteiger partial charge >= 0.3 is 24.2 Å². The number of halogens is 11. The predicted molar refractivity (Wildman–Crippen MR) is 31.2 cm³/mol. The van der Waals surface area contributed by atoms with E-state index in [9.17, 15) is 48.3 Å². The Morgan fingerprint density at radius 3 is 1.24 bits per heavy atom. The molecule has 0 radical (unpaired) electrons. The van der Waals surface area contributed by atoms with Crippen molar-refractivity contribution in [3.05, 3.63) is 11.9 Å². The highest BCUT2D eigenvalue weighted by atomic mass is 19.4. The molecule has 0 rings (SSSR count). The summed E-state index contributed by atoms with van der Waals surface area (Å²) < 4.78 is 128. The van der Waals surface area contributed by atoms with Gasteiger partial charge in [0.1, 0.15) is 0 Å². The summed E-state index contributed by atoms with van der Waals surface area (Å²) in [5.74, 6) is -16.5. The highest BCUT2D eigenvalue weighted by Gasteiger charge is 2.64. The standard InChI is InChI=1S/C6HF11/c7-2(4(10,11)6(15,16)17)1-3(8,9)5(12,13)14/h1H/b2-1-. The van der Waals surface area contributed by atoms with Gasteiger partial charge in [0, 0.05) is 6.08 Å². The third kappa shape index (κ3) is 3.22. The van der Waals surface area contributed by atoms with Crippen molar-refractivity contribution in [2.24, 2.45) is 0 Å². The minimum absolute atomic E-state index is 2.11. The van der Waals surface area contributed by atoms with E-state index in [4.69, 9.17) is 0 Å². The van der Waals surface area contributed by atoms with E-state index in [1.807, 2.05) is 0 Å². The van der Waals surface area contributed by atoms with Crippen molar-refractivity contribution in [1.82, 2.24) is 0 Å². The van der Waals surface area contributed by atoms with Gasteiger partial charge in [0.15, 0.2) is 5.83 Å². The van der Waals surface area contributed by atoms with Crippen LogP contribution in [-0.4, -0.2) is 24.2 Å². The summed E-state index contributed by atoms with van der Waals surface area (Å²) in [4.78, 5) is 0. The maximum absolute atomic E-state index is 12.1. The Morgan fingerprint density at radius 1 is 0.647 bits per heavy atom. The van der Waals surface area contributed by atoms with Gasteiger partial charge in [-0.05, 0) is 0 Å². The molecule has 17 heavy (non-hydrogen) atoms. The van der Waals surface area contributed by atoms with Gasteiger partial charge in [-0.1, -0.05) is 0 Å². The molecule has 0 aromatic heterocycles. The van der Waals surface area contributed by atoms with Crippen molar-refractivity contribution in [3.8, 4) is 0 Å². The van der Waals surface area contributed by atoms with Gasteiger partial charge in [0.25, 0.3) is 0 Å². The normalized spacial score (nSPS) is 16.3. The summed E-state index contributed by atoms with van der Waals surface area (Å²) in [7, 11) is 0. The largest absolute Gasteiger partial charge is 0.460 e. The van der Waals surface area contributed by atoms with Crippen molar-refractivity contribution < 1.29 is 48.3 Å². The SMILES string of the molecule is F/C(=C\C(F)(F)C(F)(F)F)C(F)(F)C(F)(F)F. The second-order valence-electron chi connectivity index (χ2n) is 2.69. The molecular weight excluding hydrogens is 281 g/mol. The fraction of sp³-hybridized carbons (Fsp3) is 0.667. The van der Waals surface area contributed by atoms with Crippen molar-refractivity contribution in [2.75, 3.05) is 0 Å². The smallest absolute Gasteiger partial charge is 0.205 e. The highest BCUT2D eigenvalue weighted by Crippen LogP contribution is 2.45. The summed E-state index contributed by atoms with van der Waals surface area (Å²) in [6, 6.07) is 0. The third-order valence-electron chi connectivity index (χ3n) is 1.34. The Bertz CT molecular complexity index is 303. The van der Waals surface area contributed by atoms with Gasteiger partial charge in [-0.25, -0.2) is 4.39 Å². The Hall–Kier alpha value is -1.03. The summed E-state index contributed by atoms with van der Waals surface area (Å²) in [5, 5.41) is 0. The summed E-state index contributed by atoms with van der Waals surface area (Å²) in [6.07, 6.45) is -15.2. The van der Waals surface area contributed by atoms with E-state index in [0.29, 0.717) is 0 Å². The minimum atomic E-state index is -6.62. The van der Waals surface area contributed by atoms with Crippen molar-refractivity contribution in [2.45, 2.75) is 24.2 Å². The molecule has 0 aromatic carbocycles.